The Kier molecular flexibility index (Phi) is 2.88. The van der Waals surface area contributed by atoms with Gasteiger partial charge in [-0.15, -0.1) is 0 Å². The van der Waals surface area contributed by atoms with Gasteiger partial charge in [0.25, 0.3) is 0 Å². The van der Waals surface area contributed by atoms with Crippen molar-refractivity contribution in [3.05, 3.63) is 29.8 Å². The second-order valence-electron chi connectivity index (χ2n) is 2.28. The molecule has 0 saturated carbocycles. The minimum atomic E-state index is -0.918. The number of hydrogen-bond acceptors (Lipinski definition) is 2. The van der Waals surface area contributed by atoms with E-state index in [0.29, 0.717) is 0 Å². The average molecular weight is 163 g/mol. The molecule has 0 atom stereocenters. The lowest BCUT2D eigenvalue weighted by molar-refractivity contribution is 0.0697. The first-order valence-corrected chi connectivity index (χ1v) is 3.43. The van der Waals surface area contributed by atoms with Gasteiger partial charge in [-0.05, 0) is 12.1 Å². The molecule has 1 rings (SSSR count). The van der Waals surface area contributed by atoms with Gasteiger partial charge in [-0.2, -0.15) is 0 Å². The van der Waals surface area contributed by atoms with Crippen molar-refractivity contribution in [1.82, 2.24) is 0 Å². The van der Waals surface area contributed by atoms with Crippen LogP contribution in [0, 0.1) is 0 Å². The summed E-state index contributed by atoms with van der Waals surface area (Å²) in [4.78, 5) is 10.4. The summed E-state index contributed by atoms with van der Waals surface area (Å²) in [5.41, 5.74) is 1.13. The molecule has 0 bridgehead atoms. The van der Waals surface area contributed by atoms with Crippen LogP contribution in [-0.2, 0) is 4.65 Å². The zero-order valence-electron chi connectivity index (χ0n) is 6.65. The lowest BCUT2D eigenvalue weighted by Crippen LogP contribution is -2.15. The zero-order chi connectivity index (χ0) is 8.97. The maximum Gasteiger partial charge on any atom is 0.335 e. The predicted molar refractivity (Wildman–Crippen MR) is 45.8 cm³/mol. The van der Waals surface area contributed by atoms with Gasteiger partial charge in [0, 0.05) is 7.11 Å². The minimum Gasteiger partial charge on any atom is -0.478 e. The van der Waals surface area contributed by atoms with Crippen molar-refractivity contribution < 1.29 is 14.6 Å². The van der Waals surface area contributed by atoms with Gasteiger partial charge in [0.15, 0.2) is 0 Å². The van der Waals surface area contributed by atoms with E-state index in [9.17, 15) is 4.79 Å². The number of rotatable bonds is 3. The Bertz CT molecular complexity index is 268. The van der Waals surface area contributed by atoms with Crippen LogP contribution in [0.1, 0.15) is 10.4 Å². The molecule has 0 aliphatic rings. The molecule has 0 fully saturated rings. The number of aromatic carboxylic acids is 1. The van der Waals surface area contributed by atoms with Crippen LogP contribution in [-0.4, -0.2) is 25.7 Å². The van der Waals surface area contributed by atoms with E-state index in [1.807, 2.05) is 0 Å². The Balaban J connectivity index is 2.78. The fourth-order valence-electron chi connectivity index (χ4n) is 0.840. The third-order valence-electron chi connectivity index (χ3n) is 1.41. The summed E-state index contributed by atoms with van der Waals surface area (Å²) in [5.74, 6) is -0.918. The van der Waals surface area contributed by atoms with E-state index in [1.165, 1.54) is 12.1 Å². The highest BCUT2D eigenvalue weighted by Gasteiger charge is 2.01. The highest BCUT2D eigenvalue weighted by atomic mass is 16.4. The Hall–Kier alpha value is -1.29. The quantitative estimate of drug-likeness (QED) is 0.650. The summed E-state index contributed by atoms with van der Waals surface area (Å²) in [6.07, 6.45) is 0. The molecule has 0 aliphatic heterocycles. The van der Waals surface area contributed by atoms with E-state index >= 15 is 0 Å². The summed E-state index contributed by atoms with van der Waals surface area (Å²) >= 11 is 0. The van der Waals surface area contributed by atoms with E-state index in [0.717, 1.165) is 5.46 Å². The van der Waals surface area contributed by atoms with Crippen molar-refractivity contribution in [2.75, 3.05) is 7.11 Å². The van der Waals surface area contributed by atoms with Gasteiger partial charge >= 0.3 is 13.5 Å². The number of carbonyl (C=O) groups is 1. The fourth-order valence-corrected chi connectivity index (χ4v) is 0.840. The molecule has 1 aromatic carbocycles. The molecular weight excluding hydrogens is 155 g/mol. The SMILES string of the molecule is CO[B]c1ccc(C(=O)O)cc1. The maximum atomic E-state index is 10.4. The molecule has 0 unspecified atom stereocenters. The van der Waals surface area contributed by atoms with Crippen LogP contribution >= 0.6 is 0 Å². The molecule has 0 saturated heterocycles. The van der Waals surface area contributed by atoms with Gasteiger partial charge in [-0.3, -0.25) is 0 Å². The van der Waals surface area contributed by atoms with Crippen LogP contribution in [0.4, 0.5) is 0 Å². The summed E-state index contributed by atoms with van der Waals surface area (Å²) in [7, 11) is 3.09. The first kappa shape index (κ1) is 8.81. The molecule has 1 aromatic rings. The maximum absolute atomic E-state index is 10.4. The summed E-state index contributed by atoms with van der Waals surface area (Å²) in [6, 6.07) is 6.44. The van der Waals surface area contributed by atoms with E-state index < -0.39 is 5.97 Å². The van der Waals surface area contributed by atoms with Gasteiger partial charge in [-0.25, -0.2) is 4.79 Å². The summed E-state index contributed by atoms with van der Waals surface area (Å²) < 4.78 is 4.76. The molecular formula is C8H8BO3. The molecule has 61 valence electrons. The number of hydrogen-bond donors (Lipinski definition) is 1. The molecule has 3 nitrogen and oxygen atoms in total. The second kappa shape index (κ2) is 3.92. The first-order chi connectivity index (χ1) is 5.74. The first-order valence-electron chi connectivity index (χ1n) is 3.43. The molecule has 0 aliphatic carbocycles. The van der Waals surface area contributed by atoms with Gasteiger partial charge in [0.2, 0.25) is 0 Å². The lowest BCUT2D eigenvalue weighted by atomic mass is 9.88. The third-order valence-corrected chi connectivity index (χ3v) is 1.41. The molecule has 1 radical (unpaired) electrons. The molecule has 0 aromatic heterocycles. The standard InChI is InChI=1S/C8H8BO3/c1-12-9-7-4-2-6(3-5-7)8(10)11/h2-5H,1H3,(H,10,11). The fraction of sp³-hybridized carbons (Fsp3) is 0.125. The average Bonchev–Trinajstić information content (AvgIpc) is 2.06. The summed E-state index contributed by atoms with van der Waals surface area (Å²) in [5, 5.41) is 8.56. The molecule has 1 N–H and O–H groups in total. The topological polar surface area (TPSA) is 46.5 Å². The molecule has 12 heavy (non-hydrogen) atoms. The van der Waals surface area contributed by atoms with E-state index in [1.54, 1.807) is 26.7 Å². The van der Waals surface area contributed by atoms with Crippen LogP contribution in [0.3, 0.4) is 0 Å². The van der Waals surface area contributed by atoms with Crippen molar-refractivity contribution in [3.8, 4) is 0 Å². The van der Waals surface area contributed by atoms with Gasteiger partial charge in [-0.1, -0.05) is 17.6 Å². The van der Waals surface area contributed by atoms with Crippen LogP contribution < -0.4 is 5.46 Å². The van der Waals surface area contributed by atoms with Crippen molar-refractivity contribution in [2.24, 2.45) is 0 Å². The number of benzene rings is 1. The Morgan fingerprint density at radius 1 is 1.42 bits per heavy atom. The monoisotopic (exact) mass is 163 g/mol. The highest BCUT2D eigenvalue weighted by Crippen LogP contribution is 1.95. The van der Waals surface area contributed by atoms with Crippen LogP contribution in [0.5, 0.6) is 0 Å². The largest absolute Gasteiger partial charge is 0.478 e. The number of carboxylic acid groups (broad SMARTS) is 1. The van der Waals surface area contributed by atoms with Crippen LogP contribution in [0.25, 0.3) is 0 Å². The predicted octanol–water partition coefficient (Wildman–Crippen LogP) is 0.276. The minimum absolute atomic E-state index is 0.281. The smallest absolute Gasteiger partial charge is 0.335 e. The van der Waals surface area contributed by atoms with E-state index in [-0.39, 0.29) is 5.56 Å². The normalized spacial score (nSPS) is 9.42. The van der Waals surface area contributed by atoms with Crippen molar-refractivity contribution >= 4 is 18.9 Å². The van der Waals surface area contributed by atoms with Gasteiger partial charge in [0.1, 0.15) is 0 Å². The zero-order valence-corrected chi connectivity index (χ0v) is 6.65. The highest BCUT2D eigenvalue weighted by molar-refractivity contribution is 6.46. The lowest BCUT2D eigenvalue weighted by Gasteiger charge is -1.97. The molecule has 0 amide bonds. The van der Waals surface area contributed by atoms with Crippen LogP contribution in [0.15, 0.2) is 24.3 Å². The molecule has 0 heterocycles. The van der Waals surface area contributed by atoms with E-state index in [2.05, 4.69) is 0 Å². The van der Waals surface area contributed by atoms with Gasteiger partial charge in [0.05, 0.1) is 5.56 Å². The Morgan fingerprint density at radius 2 is 2.00 bits per heavy atom. The molecule has 4 heteroatoms. The van der Waals surface area contributed by atoms with Crippen molar-refractivity contribution in [1.29, 1.82) is 0 Å². The third kappa shape index (κ3) is 2.10. The Labute approximate surface area is 71.3 Å². The van der Waals surface area contributed by atoms with Crippen molar-refractivity contribution in [3.63, 3.8) is 0 Å². The molecule has 0 spiro atoms. The van der Waals surface area contributed by atoms with Crippen LogP contribution in [0.2, 0.25) is 0 Å². The van der Waals surface area contributed by atoms with Crippen molar-refractivity contribution in [2.45, 2.75) is 0 Å². The Morgan fingerprint density at radius 3 is 2.42 bits per heavy atom. The summed E-state index contributed by atoms with van der Waals surface area (Å²) in [6.45, 7) is 0. The van der Waals surface area contributed by atoms with Gasteiger partial charge < -0.3 is 9.76 Å². The number of carboxylic acids is 1. The second-order valence-corrected chi connectivity index (χ2v) is 2.28. The van der Waals surface area contributed by atoms with E-state index in [4.69, 9.17) is 9.76 Å².